The summed E-state index contributed by atoms with van der Waals surface area (Å²) in [5, 5.41) is 5.64. The molecule has 1 saturated carbocycles. The lowest BCUT2D eigenvalue weighted by Gasteiger charge is -2.22. The van der Waals surface area contributed by atoms with Gasteiger partial charge in [-0.15, -0.1) is 0 Å². The molecule has 0 atom stereocenters. The van der Waals surface area contributed by atoms with Gasteiger partial charge in [0, 0.05) is 18.3 Å². The van der Waals surface area contributed by atoms with Crippen LogP contribution in [0.2, 0.25) is 0 Å². The maximum Gasteiger partial charge on any atom is 0.319 e. The summed E-state index contributed by atoms with van der Waals surface area (Å²) in [4.78, 5) is 25.0. The lowest BCUT2D eigenvalue weighted by molar-refractivity contribution is 0.244. The summed E-state index contributed by atoms with van der Waals surface area (Å²) in [6.07, 6.45) is 7.23. The Hall–Kier alpha value is -1.78. The Morgan fingerprint density at radius 2 is 2.00 bits per heavy atom. The van der Waals surface area contributed by atoms with Crippen molar-refractivity contribution < 1.29 is 4.79 Å². The molecule has 0 bridgehead atoms. The van der Waals surface area contributed by atoms with Crippen LogP contribution in [0.5, 0.6) is 0 Å². The largest absolute Gasteiger partial charge is 0.335 e. The minimum atomic E-state index is -0.205. The van der Waals surface area contributed by atoms with E-state index in [2.05, 4.69) is 15.6 Å². The molecule has 1 aliphatic carbocycles. The normalized spacial score (nSPS) is 16.5. The highest BCUT2D eigenvalue weighted by Gasteiger charge is 2.15. The SMILES string of the molecule is O=C(Nc1ccc(=O)[nH]c1)NC1CCCCC1. The first kappa shape index (κ1) is 11.7. The molecule has 1 aromatic heterocycles. The number of carbonyl (C=O) groups is 1. The van der Waals surface area contributed by atoms with Crippen molar-refractivity contribution in [2.45, 2.75) is 38.1 Å². The monoisotopic (exact) mass is 235 g/mol. The molecule has 17 heavy (non-hydrogen) atoms. The lowest BCUT2D eigenvalue weighted by atomic mass is 9.96. The zero-order valence-electron chi connectivity index (χ0n) is 9.66. The molecule has 0 spiro atoms. The number of urea groups is 1. The fourth-order valence-electron chi connectivity index (χ4n) is 2.09. The van der Waals surface area contributed by atoms with E-state index in [-0.39, 0.29) is 17.6 Å². The van der Waals surface area contributed by atoms with Gasteiger partial charge in [0.15, 0.2) is 0 Å². The van der Waals surface area contributed by atoms with Gasteiger partial charge in [0.1, 0.15) is 0 Å². The second-order valence-electron chi connectivity index (χ2n) is 4.37. The van der Waals surface area contributed by atoms with Gasteiger partial charge in [0.05, 0.1) is 5.69 Å². The topological polar surface area (TPSA) is 74.0 Å². The Balaban J connectivity index is 1.84. The van der Waals surface area contributed by atoms with Crippen LogP contribution in [-0.4, -0.2) is 17.1 Å². The molecule has 0 aromatic carbocycles. The number of hydrogen-bond donors (Lipinski definition) is 3. The van der Waals surface area contributed by atoms with E-state index in [9.17, 15) is 9.59 Å². The fourth-order valence-corrected chi connectivity index (χ4v) is 2.09. The Labute approximate surface area is 99.6 Å². The standard InChI is InChI=1S/C12H17N3O2/c16-11-7-6-10(8-13-11)15-12(17)14-9-4-2-1-3-5-9/h6-9H,1-5H2,(H,13,16)(H2,14,15,17). The van der Waals surface area contributed by atoms with Crippen molar-refractivity contribution in [3.63, 3.8) is 0 Å². The van der Waals surface area contributed by atoms with Crippen molar-refractivity contribution >= 4 is 11.7 Å². The molecule has 5 heteroatoms. The van der Waals surface area contributed by atoms with E-state index in [4.69, 9.17) is 0 Å². The van der Waals surface area contributed by atoms with E-state index in [0.29, 0.717) is 5.69 Å². The van der Waals surface area contributed by atoms with Gasteiger partial charge in [-0.3, -0.25) is 4.79 Å². The van der Waals surface area contributed by atoms with Crippen molar-refractivity contribution in [2.24, 2.45) is 0 Å². The van der Waals surface area contributed by atoms with Crippen LogP contribution in [0.15, 0.2) is 23.1 Å². The van der Waals surface area contributed by atoms with Crippen LogP contribution in [0.1, 0.15) is 32.1 Å². The number of aromatic amines is 1. The molecule has 1 aliphatic rings. The summed E-state index contributed by atoms with van der Waals surface area (Å²) < 4.78 is 0. The summed E-state index contributed by atoms with van der Waals surface area (Å²) in [6, 6.07) is 3.05. The maximum absolute atomic E-state index is 11.7. The van der Waals surface area contributed by atoms with E-state index >= 15 is 0 Å². The number of carbonyl (C=O) groups excluding carboxylic acids is 1. The second kappa shape index (κ2) is 5.52. The van der Waals surface area contributed by atoms with Crippen LogP contribution < -0.4 is 16.2 Å². The highest BCUT2D eigenvalue weighted by molar-refractivity contribution is 5.89. The molecule has 0 saturated heterocycles. The third-order valence-corrected chi connectivity index (χ3v) is 2.98. The minimum absolute atomic E-state index is 0.178. The number of amides is 2. The number of nitrogens with one attached hydrogen (secondary N) is 3. The van der Waals surface area contributed by atoms with Crippen LogP contribution in [0, 0.1) is 0 Å². The average Bonchev–Trinajstić information content (AvgIpc) is 2.33. The summed E-state index contributed by atoms with van der Waals surface area (Å²) in [7, 11) is 0. The number of rotatable bonds is 2. The molecule has 3 N–H and O–H groups in total. The maximum atomic E-state index is 11.7. The second-order valence-corrected chi connectivity index (χ2v) is 4.37. The molecule has 1 fully saturated rings. The van der Waals surface area contributed by atoms with Gasteiger partial charge in [-0.25, -0.2) is 4.79 Å². The van der Waals surface area contributed by atoms with E-state index in [0.717, 1.165) is 12.8 Å². The summed E-state index contributed by atoms with van der Waals surface area (Å²) in [5.41, 5.74) is 0.418. The molecule has 2 rings (SSSR count). The molecule has 1 heterocycles. The van der Waals surface area contributed by atoms with Crippen LogP contribution in [0.4, 0.5) is 10.5 Å². The van der Waals surface area contributed by atoms with Crippen molar-refractivity contribution in [2.75, 3.05) is 5.32 Å². The summed E-state index contributed by atoms with van der Waals surface area (Å²) in [5.74, 6) is 0. The van der Waals surface area contributed by atoms with E-state index in [1.807, 2.05) is 0 Å². The van der Waals surface area contributed by atoms with E-state index < -0.39 is 0 Å². The van der Waals surface area contributed by atoms with Gasteiger partial charge >= 0.3 is 6.03 Å². The van der Waals surface area contributed by atoms with Gasteiger partial charge in [-0.05, 0) is 18.9 Å². The molecule has 92 valence electrons. The highest BCUT2D eigenvalue weighted by Crippen LogP contribution is 2.17. The summed E-state index contributed by atoms with van der Waals surface area (Å²) in [6.45, 7) is 0. The predicted molar refractivity (Wildman–Crippen MR) is 66.1 cm³/mol. The van der Waals surface area contributed by atoms with Crippen molar-refractivity contribution in [3.05, 3.63) is 28.7 Å². The third kappa shape index (κ3) is 3.62. The Morgan fingerprint density at radius 3 is 2.65 bits per heavy atom. The number of H-pyrrole nitrogens is 1. The van der Waals surface area contributed by atoms with Gasteiger partial charge in [0.25, 0.3) is 0 Å². The molecular formula is C12H17N3O2. The first-order valence-electron chi connectivity index (χ1n) is 6.00. The zero-order valence-corrected chi connectivity index (χ0v) is 9.66. The number of pyridine rings is 1. The Morgan fingerprint density at radius 1 is 1.24 bits per heavy atom. The highest BCUT2D eigenvalue weighted by atomic mass is 16.2. The predicted octanol–water partition coefficient (Wildman–Crippen LogP) is 1.83. The van der Waals surface area contributed by atoms with Crippen molar-refractivity contribution in [1.29, 1.82) is 0 Å². The molecule has 0 unspecified atom stereocenters. The van der Waals surface area contributed by atoms with Crippen LogP contribution in [0.3, 0.4) is 0 Å². The van der Waals surface area contributed by atoms with Crippen molar-refractivity contribution in [3.8, 4) is 0 Å². The molecule has 0 radical (unpaired) electrons. The fraction of sp³-hybridized carbons (Fsp3) is 0.500. The molecule has 2 amide bonds. The summed E-state index contributed by atoms with van der Waals surface area (Å²) >= 11 is 0. The Bertz CT molecular complexity index is 415. The average molecular weight is 235 g/mol. The lowest BCUT2D eigenvalue weighted by Crippen LogP contribution is -2.39. The first-order valence-corrected chi connectivity index (χ1v) is 6.00. The van der Waals surface area contributed by atoms with E-state index in [1.165, 1.54) is 31.5 Å². The van der Waals surface area contributed by atoms with Crippen LogP contribution in [0.25, 0.3) is 0 Å². The van der Waals surface area contributed by atoms with Crippen LogP contribution >= 0.6 is 0 Å². The van der Waals surface area contributed by atoms with Gasteiger partial charge in [-0.2, -0.15) is 0 Å². The quantitative estimate of drug-likeness (QED) is 0.731. The van der Waals surface area contributed by atoms with Gasteiger partial charge in [-0.1, -0.05) is 19.3 Å². The number of aromatic nitrogens is 1. The van der Waals surface area contributed by atoms with E-state index in [1.54, 1.807) is 6.07 Å². The molecular weight excluding hydrogens is 218 g/mol. The van der Waals surface area contributed by atoms with Gasteiger partial charge < -0.3 is 15.6 Å². The van der Waals surface area contributed by atoms with Gasteiger partial charge in [0.2, 0.25) is 5.56 Å². The van der Waals surface area contributed by atoms with Crippen molar-refractivity contribution in [1.82, 2.24) is 10.3 Å². The zero-order chi connectivity index (χ0) is 12.1. The Kier molecular flexibility index (Phi) is 3.80. The molecule has 5 nitrogen and oxygen atoms in total. The smallest absolute Gasteiger partial charge is 0.319 e. The third-order valence-electron chi connectivity index (χ3n) is 2.98. The minimum Gasteiger partial charge on any atom is -0.335 e. The first-order chi connectivity index (χ1) is 8.24. The molecule has 0 aliphatic heterocycles. The number of hydrogen-bond acceptors (Lipinski definition) is 2. The molecule has 1 aromatic rings. The number of anilines is 1. The van der Waals surface area contributed by atoms with Crippen LogP contribution in [-0.2, 0) is 0 Å².